The highest BCUT2D eigenvalue weighted by Gasteiger charge is 2.41. The average molecular weight is 326 g/mol. The molecule has 0 unspecified atom stereocenters. The number of likely N-dealkylation sites (tertiary alicyclic amines) is 1. The van der Waals surface area contributed by atoms with Crippen molar-refractivity contribution in [1.82, 2.24) is 4.90 Å². The number of carboxylic acids is 1. The molecule has 19 heavy (non-hydrogen) atoms. The van der Waals surface area contributed by atoms with E-state index in [-0.39, 0.29) is 17.4 Å². The molecule has 1 aliphatic heterocycles. The van der Waals surface area contributed by atoms with Crippen LogP contribution in [0.3, 0.4) is 0 Å². The smallest absolute Gasteiger partial charge is 0.308 e. The summed E-state index contributed by atoms with van der Waals surface area (Å²) < 4.78 is 1.00. The van der Waals surface area contributed by atoms with Gasteiger partial charge in [-0.3, -0.25) is 9.69 Å². The number of aliphatic carboxylic acids is 1. The standard InChI is InChI=1S/C15H20BrNO2/c1-15(2,3)17-8-12(13(9-17)14(18)19)10-5-4-6-11(16)7-10/h4-7,12-13H,8-9H2,1-3H3,(H,18,19)/t12-,13+/m1/s1. The molecule has 1 aromatic rings. The maximum atomic E-state index is 11.5. The van der Waals surface area contributed by atoms with Gasteiger partial charge in [0.1, 0.15) is 0 Å². The van der Waals surface area contributed by atoms with Crippen LogP contribution in [-0.4, -0.2) is 34.6 Å². The first-order valence-electron chi connectivity index (χ1n) is 6.52. The highest BCUT2D eigenvalue weighted by atomic mass is 79.9. The van der Waals surface area contributed by atoms with Gasteiger partial charge in [0, 0.05) is 29.0 Å². The van der Waals surface area contributed by atoms with Crippen molar-refractivity contribution in [1.29, 1.82) is 0 Å². The largest absolute Gasteiger partial charge is 0.481 e. The first-order valence-corrected chi connectivity index (χ1v) is 7.31. The fourth-order valence-electron chi connectivity index (χ4n) is 2.68. The highest BCUT2D eigenvalue weighted by molar-refractivity contribution is 9.10. The Kier molecular flexibility index (Phi) is 4.02. The van der Waals surface area contributed by atoms with Crippen LogP contribution in [0.15, 0.2) is 28.7 Å². The lowest BCUT2D eigenvalue weighted by molar-refractivity contribution is -0.141. The van der Waals surface area contributed by atoms with Crippen LogP contribution >= 0.6 is 15.9 Å². The van der Waals surface area contributed by atoms with Crippen molar-refractivity contribution in [3.63, 3.8) is 0 Å². The van der Waals surface area contributed by atoms with Gasteiger partial charge in [0.25, 0.3) is 0 Å². The van der Waals surface area contributed by atoms with E-state index in [9.17, 15) is 9.90 Å². The monoisotopic (exact) mass is 325 g/mol. The molecule has 1 saturated heterocycles. The second-order valence-corrected chi connectivity index (χ2v) is 7.10. The second kappa shape index (κ2) is 5.25. The molecule has 0 bridgehead atoms. The summed E-state index contributed by atoms with van der Waals surface area (Å²) in [7, 11) is 0. The summed E-state index contributed by atoms with van der Waals surface area (Å²) in [4.78, 5) is 13.8. The molecular formula is C15H20BrNO2. The van der Waals surface area contributed by atoms with Crippen molar-refractivity contribution in [3.05, 3.63) is 34.3 Å². The fraction of sp³-hybridized carbons (Fsp3) is 0.533. The number of hydrogen-bond acceptors (Lipinski definition) is 2. The third kappa shape index (κ3) is 3.18. The minimum Gasteiger partial charge on any atom is -0.481 e. The number of nitrogens with zero attached hydrogens (tertiary/aromatic N) is 1. The normalized spacial score (nSPS) is 24.6. The Labute approximate surface area is 122 Å². The summed E-state index contributed by atoms with van der Waals surface area (Å²) in [5.41, 5.74) is 1.11. The van der Waals surface area contributed by atoms with Crippen molar-refractivity contribution in [2.24, 2.45) is 5.92 Å². The van der Waals surface area contributed by atoms with Gasteiger partial charge in [-0.2, -0.15) is 0 Å². The van der Waals surface area contributed by atoms with E-state index in [0.29, 0.717) is 6.54 Å². The van der Waals surface area contributed by atoms with Crippen LogP contribution in [0.1, 0.15) is 32.3 Å². The van der Waals surface area contributed by atoms with Crippen molar-refractivity contribution in [2.45, 2.75) is 32.2 Å². The minimum atomic E-state index is -0.697. The van der Waals surface area contributed by atoms with E-state index in [1.54, 1.807) is 0 Å². The molecule has 0 aliphatic carbocycles. The number of rotatable bonds is 2. The number of carboxylic acid groups (broad SMARTS) is 1. The van der Waals surface area contributed by atoms with Crippen LogP contribution < -0.4 is 0 Å². The molecule has 1 heterocycles. The molecule has 2 atom stereocenters. The Morgan fingerprint density at radius 2 is 2.05 bits per heavy atom. The summed E-state index contributed by atoms with van der Waals surface area (Å²) in [6.07, 6.45) is 0. The number of benzene rings is 1. The summed E-state index contributed by atoms with van der Waals surface area (Å²) >= 11 is 3.46. The van der Waals surface area contributed by atoms with E-state index in [2.05, 4.69) is 41.6 Å². The quantitative estimate of drug-likeness (QED) is 0.906. The number of carbonyl (C=O) groups is 1. The molecule has 1 aromatic carbocycles. The van der Waals surface area contributed by atoms with Gasteiger partial charge in [0.2, 0.25) is 0 Å². The van der Waals surface area contributed by atoms with Gasteiger partial charge in [-0.15, -0.1) is 0 Å². The zero-order valence-corrected chi connectivity index (χ0v) is 13.1. The van der Waals surface area contributed by atoms with E-state index in [1.165, 1.54) is 0 Å². The van der Waals surface area contributed by atoms with E-state index >= 15 is 0 Å². The molecule has 0 radical (unpaired) electrons. The van der Waals surface area contributed by atoms with Crippen molar-refractivity contribution in [3.8, 4) is 0 Å². The number of hydrogen-bond donors (Lipinski definition) is 1. The molecule has 1 fully saturated rings. The lowest BCUT2D eigenvalue weighted by Crippen LogP contribution is -2.40. The van der Waals surface area contributed by atoms with Gasteiger partial charge in [-0.25, -0.2) is 0 Å². The molecule has 4 heteroatoms. The Morgan fingerprint density at radius 1 is 1.37 bits per heavy atom. The zero-order valence-electron chi connectivity index (χ0n) is 11.6. The third-order valence-corrected chi connectivity index (χ3v) is 4.36. The van der Waals surface area contributed by atoms with Crippen molar-refractivity contribution in [2.75, 3.05) is 13.1 Å². The van der Waals surface area contributed by atoms with Crippen LogP contribution in [0, 0.1) is 5.92 Å². The Hall–Kier alpha value is -0.870. The zero-order chi connectivity index (χ0) is 14.2. The van der Waals surface area contributed by atoms with Crippen molar-refractivity contribution < 1.29 is 9.90 Å². The minimum absolute atomic E-state index is 0.00840. The fourth-order valence-corrected chi connectivity index (χ4v) is 3.09. The number of halogens is 1. The maximum Gasteiger partial charge on any atom is 0.308 e. The van der Waals surface area contributed by atoms with E-state index < -0.39 is 5.97 Å². The second-order valence-electron chi connectivity index (χ2n) is 6.18. The Bertz CT molecular complexity index is 481. The Balaban J connectivity index is 2.30. The van der Waals surface area contributed by atoms with Crippen LogP contribution in [0.5, 0.6) is 0 Å². The van der Waals surface area contributed by atoms with Gasteiger partial charge in [-0.05, 0) is 38.5 Å². The maximum absolute atomic E-state index is 11.5. The van der Waals surface area contributed by atoms with Gasteiger partial charge >= 0.3 is 5.97 Å². The summed E-state index contributed by atoms with van der Waals surface area (Å²) in [6, 6.07) is 8.00. The summed E-state index contributed by atoms with van der Waals surface area (Å²) in [5, 5.41) is 9.46. The molecule has 1 N–H and O–H groups in total. The molecule has 0 saturated carbocycles. The molecular weight excluding hydrogens is 306 g/mol. The first kappa shape index (κ1) is 14.5. The highest BCUT2D eigenvalue weighted by Crippen LogP contribution is 2.37. The lowest BCUT2D eigenvalue weighted by Gasteiger charge is -2.31. The lowest BCUT2D eigenvalue weighted by atomic mass is 9.89. The SMILES string of the molecule is CC(C)(C)N1C[C@H](C(=O)O)[C@@H](c2cccc(Br)c2)C1. The van der Waals surface area contributed by atoms with Crippen LogP contribution in [-0.2, 0) is 4.79 Å². The Morgan fingerprint density at radius 3 is 2.58 bits per heavy atom. The summed E-state index contributed by atoms with van der Waals surface area (Å²) in [5.74, 6) is -0.959. The summed E-state index contributed by atoms with van der Waals surface area (Å²) in [6.45, 7) is 7.83. The van der Waals surface area contributed by atoms with Crippen LogP contribution in [0.25, 0.3) is 0 Å². The van der Waals surface area contributed by atoms with E-state index in [1.807, 2.05) is 24.3 Å². The molecule has 2 rings (SSSR count). The molecule has 1 aliphatic rings. The van der Waals surface area contributed by atoms with Crippen molar-refractivity contribution >= 4 is 21.9 Å². The van der Waals surface area contributed by atoms with Gasteiger partial charge in [0.15, 0.2) is 0 Å². The predicted octanol–water partition coefficient (Wildman–Crippen LogP) is 3.35. The molecule has 0 aromatic heterocycles. The first-order chi connectivity index (χ1) is 8.79. The molecule has 0 amide bonds. The van der Waals surface area contributed by atoms with Gasteiger partial charge < -0.3 is 5.11 Å². The van der Waals surface area contributed by atoms with Crippen LogP contribution in [0.2, 0.25) is 0 Å². The molecule has 104 valence electrons. The topological polar surface area (TPSA) is 40.5 Å². The third-order valence-electron chi connectivity index (χ3n) is 3.86. The van der Waals surface area contributed by atoms with Gasteiger partial charge in [0.05, 0.1) is 5.92 Å². The van der Waals surface area contributed by atoms with Gasteiger partial charge in [-0.1, -0.05) is 28.1 Å². The van der Waals surface area contributed by atoms with Crippen LogP contribution in [0.4, 0.5) is 0 Å². The van der Waals surface area contributed by atoms with E-state index in [0.717, 1.165) is 16.6 Å². The van der Waals surface area contributed by atoms with E-state index in [4.69, 9.17) is 0 Å². The molecule has 0 spiro atoms. The molecule has 3 nitrogen and oxygen atoms in total. The average Bonchev–Trinajstić information content (AvgIpc) is 2.73. The predicted molar refractivity (Wildman–Crippen MR) is 79.3 cm³/mol.